The van der Waals surface area contributed by atoms with E-state index in [2.05, 4.69) is 17.4 Å². The summed E-state index contributed by atoms with van der Waals surface area (Å²) >= 11 is 0. The Morgan fingerprint density at radius 2 is 1.55 bits per heavy atom. The summed E-state index contributed by atoms with van der Waals surface area (Å²) in [5.74, 6) is 0.604. The summed E-state index contributed by atoms with van der Waals surface area (Å²) in [6.45, 7) is 2.05. The molecule has 0 spiro atoms. The van der Waals surface area contributed by atoms with Gasteiger partial charge < -0.3 is 5.32 Å². The Morgan fingerprint density at radius 3 is 2.10 bits per heavy atom. The van der Waals surface area contributed by atoms with Crippen molar-refractivity contribution in [3.05, 3.63) is 71.8 Å². The monoisotopic (exact) mass is 287 g/mol. The second-order valence-electron chi connectivity index (χ2n) is 4.89. The molecule has 1 N–H and O–H groups in total. The first-order valence-electron chi connectivity index (χ1n) is 6.85. The molecule has 2 rings (SSSR count). The molecule has 2 nitrogen and oxygen atoms in total. The van der Waals surface area contributed by atoms with E-state index in [0.717, 1.165) is 5.56 Å². The smallest absolute Gasteiger partial charge is 0.0518 e. The molecule has 0 aromatic heterocycles. The predicted molar refractivity (Wildman–Crippen MR) is 86.0 cm³/mol. The molecule has 20 heavy (non-hydrogen) atoms. The lowest BCUT2D eigenvalue weighted by molar-refractivity contribution is 0.569. The SMILES string of the molecule is CNC(c1ccccc1)C(C)S(=O)Cc1ccccc1. The van der Waals surface area contributed by atoms with Crippen molar-refractivity contribution < 1.29 is 4.21 Å². The fraction of sp³-hybridized carbons (Fsp3) is 0.294. The Labute approximate surface area is 123 Å². The third-order valence-electron chi connectivity index (χ3n) is 3.51. The zero-order chi connectivity index (χ0) is 14.4. The first-order chi connectivity index (χ1) is 9.72. The Kier molecular flexibility index (Phi) is 5.50. The van der Waals surface area contributed by atoms with Gasteiger partial charge in [0.05, 0.1) is 5.25 Å². The second kappa shape index (κ2) is 7.36. The molecule has 0 amide bonds. The van der Waals surface area contributed by atoms with Gasteiger partial charge in [0.15, 0.2) is 0 Å². The highest BCUT2D eigenvalue weighted by Crippen LogP contribution is 2.21. The van der Waals surface area contributed by atoms with E-state index in [0.29, 0.717) is 5.75 Å². The molecule has 0 bridgehead atoms. The number of rotatable bonds is 6. The van der Waals surface area contributed by atoms with E-state index in [1.807, 2.05) is 62.5 Å². The Bertz CT molecular complexity index is 541. The van der Waals surface area contributed by atoms with E-state index < -0.39 is 10.8 Å². The van der Waals surface area contributed by atoms with Crippen LogP contribution in [0.4, 0.5) is 0 Å². The summed E-state index contributed by atoms with van der Waals surface area (Å²) in [4.78, 5) is 0. The van der Waals surface area contributed by atoms with Gasteiger partial charge in [-0.05, 0) is 25.1 Å². The topological polar surface area (TPSA) is 29.1 Å². The van der Waals surface area contributed by atoms with Crippen molar-refractivity contribution >= 4 is 10.8 Å². The minimum absolute atomic E-state index is 0.0580. The summed E-state index contributed by atoms with van der Waals surface area (Å²) in [6.07, 6.45) is 0. The lowest BCUT2D eigenvalue weighted by Gasteiger charge is -2.23. The molecule has 0 aliphatic carbocycles. The van der Waals surface area contributed by atoms with Crippen molar-refractivity contribution in [3.63, 3.8) is 0 Å². The molecule has 0 radical (unpaired) electrons. The number of hydrogen-bond donors (Lipinski definition) is 1. The van der Waals surface area contributed by atoms with Crippen LogP contribution in [-0.2, 0) is 16.6 Å². The molecule has 2 aromatic carbocycles. The highest BCUT2D eigenvalue weighted by atomic mass is 32.2. The van der Waals surface area contributed by atoms with E-state index in [1.165, 1.54) is 5.56 Å². The fourth-order valence-corrected chi connectivity index (χ4v) is 3.74. The highest BCUT2D eigenvalue weighted by Gasteiger charge is 2.22. The first kappa shape index (κ1) is 14.9. The molecule has 0 fully saturated rings. The van der Waals surface area contributed by atoms with Crippen LogP contribution in [0.3, 0.4) is 0 Å². The van der Waals surface area contributed by atoms with Crippen molar-refractivity contribution in [2.24, 2.45) is 0 Å². The lowest BCUT2D eigenvalue weighted by atomic mass is 10.0. The van der Waals surface area contributed by atoms with Crippen LogP contribution < -0.4 is 5.32 Å². The van der Waals surface area contributed by atoms with Crippen LogP contribution in [0, 0.1) is 0 Å². The molecule has 0 aliphatic heterocycles. The Morgan fingerprint density at radius 1 is 1.00 bits per heavy atom. The third kappa shape index (κ3) is 3.78. The third-order valence-corrected chi connectivity index (χ3v) is 5.22. The van der Waals surface area contributed by atoms with Crippen LogP contribution in [0.1, 0.15) is 24.1 Å². The van der Waals surface area contributed by atoms with Gasteiger partial charge in [0, 0.05) is 22.6 Å². The molecule has 2 aromatic rings. The van der Waals surface area contributed by atoms with E-state index in [1.54, 1.807) is 0 Å². The van der Waals surface area contributed by atoms with Crippen LogP contribution in [0.5, 0.6) is 0 Å². The largest absolute Gasteiger partial charge is 0.312 e. The average Bonchev–Trinajstić information content (AvgIpc) is 2.50. The van der Waals surface area contributed by atoms with Crippen molar-refractivity contribution in [1.29, 1.82) is 0 Å². The Balaban J connectivity index is 2.09. The molecular weight excluding hydrogens is 266 g/mol. The zero-order valence-corrected chi connectivity index (χ0v) is 12.8. The minimum atomic E-state index is -0.909. The van der Waals surface area contributed by atoms with Gasteiger partial charge in [-0.3, -0.25) is 4.21 Å². The van der Waals surface area contributed by atoms with Gasteiger partial charge in [-0.25, -0.2) is 0 Å². The van der Waals surface area contributed by atoms with Crippen molar-refractivity contribution in [2.45, 2.75) is 24.0 Å². The number of nitrogens with one attached hydrogen (secondary N) is 1. The maximum atomic E-state index is 12.6. The normalized spacial score (nSPS) is 15.5. The van der Waals surface area contributed by atoms with E-state index >= 15 is 0 Å². The van der Waals surface area contributed by atoms with Crippen LogP contribution in [0.15, 0.2) is 60.7 Å². The summed E-state index contributed by atoms with van der Waals surface area (Å²) in [7, 11) is 1.02. The summed E-state index contributed by atoms with van der Waals surface area (Å²) in [6, 6.07) is 20.3. The van der Waals surface area contributed by atoms with Crippen molar-refractivity contribution in [2.75, 3.05) is 7.05 Å². The quantitative estimate of drug-likeness (QED) is 0.883. The van der Waals surface area contributed by atoms with Gasteiger partial charge in [-0.2, -0.15) is 0 Å². The molecule has 0 saturated carbocycles. The minimum Gasteiger partial charge on any atom is -0.312 e. The molecule has 106 valence electrons. The van der Waals surface area contributed by atoms with Crippen LogP contribution in [0.2, 0.25) is 0 Å². The van der Waals surface area contributed by atoms with Crippen molar-refractivity contribution in [1.82, 2.24) is 5.32 Å². The molecule has 0 aliphatic rings. The van der Waals surface area contributed by atoms with Gasteiger partial charge in [0.25, 0.3) is 0 Å². The van der Waals surface area contributed by atoms with E-state index in [4.69, 9.17) is 0 Å². The van der Waals surface area contributed by atoms with Crippen molar-refractivity contribution in [3.8, 4) is 0 Å². The van der Waals surface area contributed by atoms with Gasteiger partial charge in [-0.15, -0.1) is 0 Å². The lowest BCUT2D eigenvalue weighted by Crippen LogP contribution is -2.31. The standard InChI is InChI=1S/C17H21NOS/c1-14(17(18-2)16-11-7-4-8-12-16)20(19)13-15-9-5-3-6-10-15/h3-12,14,17-18H,13H2,1-2H3. The molecule has 0 saturated heterocycles. The molecular formula is C17H21NOS. The van der Waals surface area contributed by atoms with Crippen LogP contribution in [0.25, 0.3) is 0 Å². The number of hydrogen-bond acceptors (Lipinski definition) is 2. The van der Waals surface area contributed by atoms with Crippen LogP contribution in [-0.4, -0.2) is 16.5 Å². The maximum Gasteiger partial charge on any atom is 0.0518 e. The molecule has 3 unspecified atom stereocenters. The molecule has 0 heterocycles. The first-order valence-corrected chi connectivity index (χ1v) is 8.24. The van der Waals surface area contributed by atoms with Gasteiger partial charge in [0.2, 0.25) is 0 Å². The second-order valence-corrected chi connectivity index (χ2v) is 6.69. The van der Waals surface area contributed by atoms with Gasteiger partial charge in [-0.1, -0.05) is 60.7 Å². The van der Waals surface area contributed by atoms with Gasteiger partial charge in [0.1, 0.15) is 0 Å². The summed E-state index contributed by atoms with van der Waals surface area (Å²) < 4.78 is 12.6. The highest BCUT2D eigenvalue weighted by molar-refractivity contribution is 7.84. The van der Waals surface area contributed by atoms with Gasteiger partial charge >= 0.3 is 0 Å². The molecule has 3 atom stereocenters. The maximum absolute atomic E-state index is 12.6. The predicted octanol–water partition coefficient (Wildman–Crippen LogP) is 3.28. The average molecular weight is 287 g/mol. The van der Waals surface area contributed by atoms with Crippen LogP contribution >= 0.6 is 0 Å². The van der Waals surface area contributed by atoms with E-state index in [9.17, 15) is 4.21 Å². The van der Waals surface area contributed by atoms with E-state index in [-0.39, 0.29) is 11.3 Å². The zero-order valence-electron chi connectivity index (χ0n) is 12.0. The number of benzene rings is 2. The molecule has 3 heteroatoms. The Hall–Kier alpha value is -1.45. The fourth-order valence-electron chi connectivity index (χ4n) is 2.35. The summed E-state index contributed by atoms with van der Waals surface area (Å²) in [5, 5.41) is 3.35. The summed E-state index contributed by atoms with van der Waals surface area (Å²) in [5.41, 5.74) is 2.31.